The van der Waals surface area contributed by atoms with Crippen LogP contribution in [0, 0.1) is 5.92 Å². The number of carbonyl (C=O) groups is 1. The van der Waals surface area contributed by atoms with Gasteiger partial charge in [-0.05, 0) is 54.2 Å². The van der Waals surface area contributed by atoms with Crippen molar-refractivity contribution in [1.29, 1.82) is 0 Å². The van der Waals surface area contributed by atoms with Gasteiger partial charge in [0.25, 0.3) is 0 Å². The van der Waals surface area contributed by atoms with E-state index in [9.17, 15) is 18.3 Å². The summed E-state index contributed by atoms with van der Waals surface area (Å²) in [6, 6.07) is 13.9. The van der Waals surface area contributed by atoms with E-state index in [0.29, 0.717) is 24.4 Å². The summed E-state index contributed by atoms with van der Waals surface area (Å²) in [6.07, 6.45) is 1.55. The summed E-state index contributed by atoms with van der Waals surface area (Å²) in [7, 11) is -1.74. The molecule has 1 aliphatic heterocycles. The highest BCUT2D eigenvalue weighted by molar-refractivity contribution is 7.90. The highest BCUT2D eigenvalue weighted by atomic mass is 32.2. The first kappa shape index (κ1) is 23.3. The van der Waals surface area contributed by atoms with Crippen molar-refractivity contribution >= 4 is 15.7 Å². The molecule has 0 saturated carbocycles. The van der Waals surface area contributed by atoms with E-state index in [-0.39, 0.29) is 17.3 Å². The Hall–Kier alpha value is -2.38. The van der Waals surface area contributed by atoms with E-state index in [1.807, 2.05) is 24.3 Å². The van der Waals surface area contributed by atoms with Crippen LogP contribution in [0.1, 0.15) is 37.8 Å². The Morgan fingerprint density at radius 1 is 1.13 bits per heavy atom. The van der Waals surface area contributed by atoms with Crippen LogP contribution < -0.4 is 4.74 Å². The molecular weight excluding hydrogens is 414 g/mol. The van der Waals surface area contributed by atoms with Crippen LogP contribution in [0.15, 0.2) is 53.4 Å². The zero-order chi connectivity index (χ0) is 22.8. The van der Waals surface area contributed by atoms with E-state index in [1.54, 1.807) is 24.1 Å². The van der Waals surface area contributed by atoms with Crippen molar-refractivity contribution in [2.75, 3.05) is 19.9 Å². The Morgan fingerprint density at radius 2 is 1.74 bits per heavy atom. The fourth-order valence-electron chi connectivity index (χ4n) is 4.21. The first-order valence-electron chi connectivity index (χ1n) is 10.5. The third kappa shape index (κ3) is 4.77. The SMILES string of the molecule is COc1ccc(CN2C[C@H](O)[C@@](CCC(C)C)(c3ccc(S(C)(=O)=O)cc3)C2=O)cc1. The lowest BCUT2D eigenvalue weighted by Gasteiger charge is -2.32. The number of aliphatic hydroxyl groups is 1. The Kier molecular flexibility index (Phi) is 6.76. The third-order valence-electron chi connectivity index (χ3n) is 6.08. The van der Waals surface area contributed by atoms with Crippen molar-refractivity contribution in [3.8, 4) is 5.75 Å². The van der Waals surface area contributed by atoms with Crippen molar-refractivity contribution in [3.63, 3.8) is 0 Å². The molecular formula is C24H31NO5S. The lowest BCUT2D eigenvalue weighted by Crippen LogP contribution is -2.43. The van der Waals surface area contributed by atoms with Crippen LogP contribution in [0.4, 0.5) is 0 Å². The summed E-state index contributed by atoms with van der Waals surface area (Å²) in [6.45, 7) is 4.80. The predicted molar refractivity (Wildman–Crippen MR) is 120 cm³/mol. The van der Waals surface area contributed by atoms with Crippen molar-refractivity contribution in [2.45, 2.75) is 49.6 Å². The van der Waals surface area contributed by atoms with Crippen LogP contribution in [0.3, 0.4) is 0 Å². The number of benzene rings is 2. The molecule has 0 bridgehead atoms. The van der Waals surface area contributed by atoms with E-state index in [4.69, 9.17) is 4.74 Å². The molecule has 0 aromatic heterocycles. The molecule has 0 unspecified atom stereocenters. The summed E-state index contributed by atoms with van der Waals surface area (Å²) in [5.41, 5.74) is 0.538. The molecule has 1 amide bonds. The van der Waals surface area contributed by atoms with Crippen LogP contribution in [0.2, 0.25) is 0 Å². The van der Waals surface area contributed by atoms with Gasteiger partial charge in [-0.3, -0.25) is 4.79 Å². The Labute approximate surface area is 184 Å². The van der Waals surface area contributed by atoms with Gasteiger partial charge >= 0.3 is 0 Å². The lowest BCUT2D eigenvalue weighted by atomic mass is 9.72. The molecule has 31 heavy (non-hydrogen) atoms. The van der Waals surface area contributed by atoms with Gasteiger partial charge in [-0.15, -0.1) is 0 Å². The molecule has 1 saturated heterocycles. The van der Waals surface area contributed by atoms with Gasteiger partial charge in [0.15, 0.2) is 9.84 Å². The van der Waals surface area contributed by atoms with Gasteiger partial charge in [0, 0.05) is 19.3 Å². The predicted octanol–water partition coefficient (Wildman–Crippen LogP) is 3.18. The number of carbonyl (C=O) groups excluding carboxylic acids is 1. The standard InChI is InChI=1S/C24H31NO5S/c1-17(2)13-14-24(19-7-11-21(12-8-19)31(4,28)29)22(26)16-25(23(24)27)15-18-5-9-20(30-3)10-6-18/h5-12,17,22,26H,13-16H2,1-4H3/t22-,24+/m0/s1. The van der Waals surface area contributed by atoms with Crippen molar-refractivity contribution in [1.82, 2.24) is 4.90 Å². The topological polar surface area (TPSA) is 83.9 Å². The minimum atomic E-state index is -3.34. The zero-order valence-electron chi connectivity index (χ0n) is 18.5. The maximum Gasteiger partial charge on any atom is 0.236 e. The molecule has 7 heteroatoms. The number of hydrogen-bond acceptors (Lipinski definition) is 5. The van der Waals surface area contributed by atoms with Gasteiger partial charge in [-0.1, -0.05) is 38.1 Å². The molecule has 1 heterocycles. The maximum absolute atomic E-state index is 13.7. The number of methoxy groups -OCH3 is 1. The summed E-state index contributed by atoms with van der Waals surface area (Å²) >= 11 is 0. The van der Waals surface area contributed by atoms with Gasteiger partial charge in [0.1, 0.15) is 11.2 Å². The number of aliphatic hydroxyl groups excluding tert-OH is 1. The van der Waals surface area contributed by atoms with Crippen LogP contribution in [-0.2, 0) is 26.6 Å². The molecule has 2 atom stereocenters. The number of nitrogens with zero attached hydrogens (tertiary/aromatic N) is 1. The van der Waals surface area contributed by atoms with Crippen molar-refractivity contribution in [3.05, 3.63) is 59.7 Å². The molecule has 168 valence electrons. The number of sulfone groups is 1. The van der Waals surface area contributed by atoms with Crippen LogP contribution in [0.25, 0.3) is 0 Å². The first-order chi connectivity index (χ1) is 14.6. The normalized spacial score (nSPS) is 21.7. The van der Waals surface area contributed by atoms with Gasteiger partial charge in [0.05, 0.1) is 18.1 Å². The second kappa shape index (κ2) is 9.01. The molecule has 1 aliphatic rings. The average molecular weight is 446 g/mol. The van der Waals surface area contributed by atoms with E-state index in [0.717, 1.165) is 24.0 Å². The minimum Gasteiger partial charge on any atom is -0.497 e. The maximum atomic E-state index is 13.7. The summed E-state index contributed by atoms with van der Waals surface area (Å²) in [5, 5.41) is 11.1. The van der Waals surface area contributed by atoms with E-state index in [2.05, 4.69) is 13.8 Å². The van der Waals surface area contributed by atoms with Crippen LogP contribution >= 0.6 is 0 Å². The quantitative estimate of drug-likeness (QED) is 0.675. The Balaban J connectivity index is 1.95. The fourth-order valence-corrected chi connectivity index (χ4v) is 4.84. The lowest BCUT2D eigenvalue weighted by molar-refractivity contribution is -0.134. The smallest absolute Gasteiger partial charge is 0.236 e. The molecule has 1 fully saturated rings. The molecule has 2 aromatic rings. The van der Waals surface area contributed by atoms with E-state index in [1.165, 1.54) is 12.1 Å². The number of ether oxygens (including phenoxy) is 1. The van der Waals surface area contributed by atoms with Gasteiger partial charge < -0.3 is 14.7 Å². The second-order valence-corrected chi connectivity index (χ2v) is 10.8. The van der Waals surface area contributed by atoms with Crippen molar-refractivity contribution < 1.29 is 23.1 Å². The summed E-state index contributed by atoms with van der Waals surface area (Å²) < 4.78 is 28.9. The molecule has 2 aromatic carbocycles. The summed E-state index contributed by atoms with van der Waals surface area (Å²) in [5.74, 6) is 0.986. The number of hydrogen-bond donors (Lipinski definition) is 1. The van der Waals surface area contributed by atoms with Gasteiger partial charge in [0.2, 0.25) is 5.91 Å². The number of amides is 1. The van der Waals surface area contributed by atoms with Crippen LogP contribution in [0.5, 0.6) is 5.75 Å². The van der Waals surface area contributed by atoms with Gasteiger partial charge in [-0.25, -0.2) is 8.42 Å². The fraction of sp³-hybridized carbons (Fsp3) is 0.458. The van der Waals surface area contributed by atoms with Crippen molar-refractivity contribution in [2.24, 2.45) is 5.92 Å². The van der Waals surface area contributed by atoms with E-state index < -0.39 is 21.4 Å². The monoisotopic (exact) mass is 445 g/mol. The molecule has 0 radical (unpaired) electrons. The molecule has 3 rings (SSSR count). The Bertz CT molecular complexity index is 1010. The number of rotatable bonds is 8. The number of β-amino-alcohol motifs (C(OH)–C–C–N with tert-alkyl or cyclic N) is 1. The largest absolute Gasteiger partial charge is 0.497 e. The molecule has 0 aliphatic carbocycles. The molecule has 1 N–H and O–H groups in total. The Morgan fingerprint density at radius 3 is 2.26 bits per heavy atom. The number of likely N-dealkylation sites (tertiary alicyclic amines) is 1. The third-order valence-corrected chi connectivity index (χ3v) is 7.21. The first-order valence-corrected chi connectivity index (χ1v) is 12.4. The minimum absolute atomic E-state index is 0.122. The second-order valence-electron chi connectivity index (χ2n) is 8.75. The van der Waals surface area contributed by atoms with Crippen LogP contribution in [-0.4, -0.2) is 50.3 Å². The highest BCUT2D eigenvalue weighted by Gasteiger charge is 2.54. The average Bonchev–Trinajstić information content (AvgIpc) is 2.96. The summed E-state index contributed by atoms with van der Waals surface area (Å²) in [4.78, 5) is 15.6. The van der Waals surface area contributed by atoms with E-state index >= 15 is 0 Å². The highest BCUT2D eigenvalue weighted by Crippen LogP contribution is 2.42. The zero-order valence-corrected chi connectivity index (χ0v) is 19.4. The molecule has 6 nitrogen and oxygen atoms in total. The molecule has 0 spiro atoms. The van der Waals surface area contributed by atoms with Gasteiger partial charge in [-0.2, -0.15) is 0 Å².